The molecule has 3 nitrogen and oxygen atoms in total. The SMILES string of the molecule is C/C(=C\[N+](=O)[O-])c1cc(Br)cs1. The molecular weight excluding hydrogens is 242 g/mol. The highest BCUT2D eigenvalue weighted by Crippen LogP contribution is 2.25. The first-order chi connectivity index (χ1) is 5.59. The third kappa shape index (κ3) is 2.42. The smallest absolute Gasteiger partial charge is 0.238 e. The fourth-order valence-electron chi connectivity index (χ4n) is 0.742. The van der Waals surface area contributed by atoms with E-state index >= 15 is 0 Å². The number of thiophene rings is 1. The quantitative estimate of drug-likeness (QED) is 0.596. The van der Waals surface area contributed by atoms with Crippen molar-refractivity contribution in [1.82, 2.24) is 0 Å². The molecule has 0 amide bonds. The summed E-state index contributed by atoms with van der Waals surface area (Å²) < 4.78 is 0.957. The van der Waals surface area contributed by atoms with E-state index in [0.717, 1.165) is 15.5 Å². The van der Waals surface area contributed by atoms with Gasteiger partial charge in [-0.25, -0.2) is 0 Å². The van der Waals surface area contributed by atoms with E-state index in [-0.39, 0.29) is 0 Å². The Bertz CT molecular complexity index is 332. The van der Waals surface area contributed by atoms with E-state index in [0.29, 0.717) is 5.57 Å². The van der Waals surface area contributed by atoms with Crippen molar-refractivity contribution in [3.8, 4) is 0 Å². The van der Waals surface area contributed by atoms with Crippen LogP contribution >= 0.6 is 27.3 Å². The largest absolute Gasteiger partial charge is 0.259 e. The van der Waals surface area contributed by atoms with Crippen LogP contribution in [-0.4, -0.2) is 4.92 Å². The fourth-order valence-corrected chi connectivity index (χ4v) is 2.14. The molecule has 0 saturated heterocycles. The molecule has 0 N–H and O–H groups in total. The van der Waals surface area contributed by atoms with Crippen molar-refractivity contribution in [3.05, 3.63) is 37.1 Å². The zero-order valence-corrected chi connectivity index (χ0v) is 8.68. The molecular formula is C7H6BrNO2S. The summed E-state index contributed by atoms with van der Waals surface area (Å²) in [6.45, 7) is 1.72. The van der Waals surface area contributed by atoms with Crippen LogP contribution in [0.5, 0.6) is 0 Å². The predicted octanol–water partition coefficient (Wildman–Crippen LogP) is 3.15. The highest BCUT2D eigenvalue weighted by molar-refractivity contribution is 9.10. The van der Waals surface area contributed by atoms with Gasteiger partial charge in [0.15, 0.2) is 0 Å². The molecule has 1 aromatic heterocycles. The highest BCUT2D eigenvalue weighted by Gasteiger charge is 2.02. The summed E-state index contributed by atoms with van der Waals surface area (Å²) in [7, 11) is 0. The lowest BCUT2D eigenvalue weighted by molar-refractivity contribution is -0.401. The van der Waals surface area contributed by atoms with E-state index in [1.807, 2.05) is 11.4 Å². The van der Waals surface area contributed by atoms with Crippen LogP contribution in [0.2, 0.25) is 0 Å². The van der Waals surface area contributed by atoms with Gasteiger partial charge in [0.05, 0.1) is 4.92 Å². The first-order valence-electron chi connectivity index (χ1n) is 3.16. The average molecular weight is 248 g/mol. The van der Waals surface area contributed by atoms with E-state index in [1.165, 1.54) is 11.3 Å². The molecule has 0 aliphatic rings. The van der Waals surface area contributed by atoms with E-state index < -0.39 is 4.92 Å². The van der Waals surface area contributed by atoms with Crippen LogP contribution in [0.1, 0.15) is 11.8 Å². The molecule has 64 valence electrons. The Balaban J connectivity index is 2.91. The van der Waals surface area contributed by atoms with E-state index in [2.05, 4.69) is 15.9 Å². The van der Waals surface area contributed by atoms with Crippen LogP contribution < -0.4 is 0 Å². The summed E-state index contributed by atoms with van der Waals surface area (Å²) in [5, 5.41) is 12.0. The molecule has 0 unspecified atom stereocenters. The van der Waals surface area contributed by atoms with E-state index in [4.69, 9.17) is 0 Å². The molecule has 1 heterocycles. The first-order valence-corrected chi connectivity index (χ1v) is 4.83. The van der Waals surface area contributed by atoms with Crippen molar-refractivity contribution < 1.29 is 4.92 Å². The van der Waals surface area contributed by atoms with E-state index in [1.54, 1.807) is 6.92 Å². The Hall–Kier alpha value is -0.680. The second-order valence-corrected chi connectivity index (χ2v) is 4.05. The van der Waals surface area contributed by atoms with Gasteiger partial charge in [0.2, 0.25) is 6.20 Å². The minimum atomic E-state index is -0.442. The van der Waals surface area contributed by atoms with Gasteiger partial charge in [-0.2, -0.15) is 0 Å². The van der Waals surface area contributed by atoms with Crippen LogP contribution in [-0.2, 0) is 0 Å². The predicted molar refractivity (Wildman–Crippen MR) is 52.7 cm³/mol. The maximum Gasteiger partial charge on any atom is 0.238 e. The first kappa shape index (κ1) is 9.41. The maximum absolute atomic E-state index is 10.1. The molecule has 0 aliphatic carbocycles. The van der Waals surface area contributed by atoms with Crippen LogP contribution in [0.15, 0.2) is 22.1 Å². The van der Waals surface area contributed by atoms with Crippen LogP contribution in [0.4, 0.5) is 0 Å². The molecule has 1 aromatic rings. The minimum Gasteiger partial charge on any atom is -0.259 e. The second kappa shape index (κ2) is 3.82. The van der Waals surface area contributed by atoms with Gasteiger partial charge in [0.25, 0.3) is 0 Å². The molecule has 0 fully saturated rings. The standard InChI is InChI=1S/C7H6BrNO2S/c1-5(3-9(10)11)7-2-6(8)4-12-7/h2-4H,1H3/b5-3+. The van der Waals surface area contributed by atoms with Gasteiger partial charge in [-0.3, -0.25) is 10.1 Å². The summed E-state index contributed by atoms with van der Waals surface area (Å²) in [5.74, 6) is 0. The Morgan fingerprint density at radius 2 is 2.50 bits per heavy atom. The molecule has 0 saturated carbocycles. The number of nitro groups is 1. The minimum absolute atomic E-state index is 0.442. The monoisotopic (exact) mass is 247 g/mol. The van der Waals surface area contributed by atoms with Gasteiger partial charge in [0, 0.05) is 20.3 Å². The molecule has 0 radical (unpaired) electrons. The van der Waals surface area contributed by atoms with E-state index in [9.17, 15) is 10.1 Å². The van der Waals surface area contributed by atoms with Gasteiger partial charge >= 0.3 is 0 Å². The summed E-state index contributed by atoms with van der Waals surface area (Å²) in [6, 6.07) is 1.86. The molecule has 0 bridgehead atoms. The normalized spacial score (nSPS) is 11.7. The molecule has 12 heavy (non-hydrogen) atoms. The summed E-state index contributed by atoms with van der Waals surface area (Å²) in [4.78, 5) is 10.6. The fraction of sp³-hybridized carbons (Fsp3) is 0.143. The van der Waals surface area contributed by atoms with Gasteiger partial charge < -0.3 is 0 Å². The van der Waals surface area contributed by atoms with Crippen molar-refractivity contribution in [3.63, 3.8) is 0 Å². The lowest BCUT2D eigenvalue weighted by atomic mass is 10.3. The van der Waals surface area contributed by atoms with Crippen LogP contribution in [0.3, 0.4) is 0 Å². The highest BCUT2D eigenvalue weighted by atomic mass is 79.9. The van der Waals surface area contributed by atoms with Gasteiger partial charge in [0.1, 0.15) is 0 Å². The summed E-state index contributed by atoms with van der Waals surface area (Å²) >= 11 is 4.76. The molecule has 0 spiro atoms. The Kier molecular flexibility index (Phi) is 2.99. The summed E-state index contributed by atoms with van der Waals surface area (Å²) in [6.07, 6.45) is 1.01. The lowest BCUT2D eigenvalue weighted by Gasteiger charge is -1.89. The number of nitrogens with zero attached hydrogens (tertiary/aromatic N) is 1. The zero-order valence-electron chi connectivity index (χ0n) is 6.28. The second-order valence-electron chi connectivity index (χ2n) is 2.23. The molecule has 5 heteroatoms. The number of hydrogen-bond acceptors (Lipinski definition) is 3. The Labute approximate surface area is 82.0 Å². The Morgan fingerprint density at radius 1 is 1.83 bits per heavy atom. The van der Waals surface area contributed by atoms with Crippen LogP contribution in [0.25, 0.3) is 5.57 Å². The topological polar surface area (TPSA) is 43.1 Å². The molecule has 1 rings (SSSR count). The number of halogens is 1. The van der Waals surface area contributed by atoms with Crippen molar-refractivity contribution in [2.24, 2.45) is 0 Å². The van der Waals surface area contributed by atoms with Crippen molar-refractivity contribution in [2.75, 3.05) is 0 Å². The van der Waals surface area contributed by atoms with Crippen LogP contribution in [0, 0.1) is 10.1 Å². The molecule has 0 aliphatic heterocycles. The average Bonchev–Trinajstić information content (AvgIpc) is 2.34. The van der Waals surface area contributed by atoms with Gasteiger partial charge in [-0.15, -0.1) is 11.3 Å². The van der Waals surface area contributed by atoms with Crippen molar-refractivity contribution >= 4 is 32.8 Å². The van der Waals surface area contributed by atoms with Crippen molar-refractivity contribution in [2.45, 2.75) is 6.92 Å². The van der Waals surface area contributed by atoms with Gasteiger partial charge in [-0.05, 0) is 28.9 Å². The number of hydrogen-bond donors (Lipinski definition) is 0. The number of rotatable bonds is 2. The maximum atomic E-state index is 10.1. The summed E-state index contributed by atoms with van der Waals surface area (Å²) in [5.41, 5.74) is 0.677. The molecule has 0 aromatic carbocycles. The Morgan fingerprint density at radius 3 is 2.92 bits per heavy atom. The number of allylic oxidation sites excluding steroid dienone is 1. The molecule has 0 atom stereocenters. The third-order valence-electron chi connectivity index (χ3n) is 1.26. The van der Waals surface area contributed by atoms with Gasteiger partial charge in [-0.1, -0.05) is 0 Å². The third-order valence-corrected chi connectivity index (χ3v) is 3.08. The van der Waals surface area contributed by atoms with Crippen molar-refractivity contribution in [1.29, 1.82) is 0 Å². The lowest BCUT2D eigenvalue weighted by Crippen LogP contribution is -1.85. The zero-order chi connectivity index (χ0) is 9.14.